The summed E-state index contributed by atoms with van der Waals surface area (Å²) < 4.78 is 0. The molecule has 0 spiro atoms. The molecule has 2 aromatic rings. The zero-order valence-electron chi connectivity index (χ0n) is 16.9. The number of aromatic amines is 1. The minimum absolute atomic E-state index is 0. The number of likely N-dealkylation sites (tertiary alicyclic amines) is 1. The van der Waals surface area contributed by atoms with Crippen LogP contribution in [0.15, 0.2) is 24.3 Å². The van der Waals surface area contributed by atoms with Crippen LogP contribution >= 0.6 is 12.4 Å². The normalized spacial score (nSPS) is 17.3. The van der Waals surface area contributed by atoms with Crippen molar-refractivity contribution >= 4 is 29.9 Å². The van der Waals surface area contributed by atoms with Gasteiger partial charge in [0.1, 0.15) is 5.82 Å². The quantitative estimate of drug-likeness (QED) is 0.663. The molecule has 4 N–H and O–H groups in total. The van der Waals surface area contributed by atoms with Gasteiger partial charge in [-0.15, -0.1) is 12.4 Å². The highest BCUT2D eigenvalue weighted by Crippen LogP contribution is 2.22. The van der Waals surface area contributed by atoms with Crippen molar-refractivity contribution in [2.24, 2.45) is 17.6 Å². The molecule has 1 saturated heterocycles. The van der Waals surface area contributed by atoms with E-state index in [2.05, 4.69) is 20.5 Å². The van der Waals surface area contributed by atoms with Crippen molar-refractivity contribution in [1.29, 1.82) is 0 Å². The molecule has 0 radical (unpaired) electrons. The Morgan fingerprint density at radius 2 is 2.07 bits per heavy atom. The molecule has 29 heavy (non-hydrogen) atoms. The van der Waals surface area contributed by atoms with E-state index in [9.17, 15) is 9.59 Å². The summed E-state index contributed by atoms with van der Waals surface area (Å²) in [6.07, 6.45) is 2.47. The van der Waals surface area contributed by atoms with Gasteiger partial charge in [0, 0.05) is 30.3 Å². The lowest BCUT2D eigenvalue weighted by Crippen LogP contribution is -2.45. The summed E-state index contributed by atoms with van der Waals surface area (Å²) in [6, 6.07) is 7.38. The van der Waals surface area contributed by atoms with Gasteiger partial charge in [0.25, 0.3) is 0 Å². The molecule has 2 atom stereocenters. The average molecular weight is 421 g/mol. The molecule has 0 bridgehead atoms. The lowest BCUT2D eigenvalue weighted by atomic mass is 9.95. The number of piperidine rings is 1. The average Bonchev–Trinajstić information content (AvgIpc) is 3.22. The predicted molar refractivity (Wildman–Crippen MR) is 114 cm³/mol. The molecule has 1 aliphatic heterocycles. The first-order chi connectivity index (χ1) is 13.5. The second kappa shape index (κ2) is 10.4. The number of amides is 2. The van der Waals surface area contributed by atoms with Crippen LogP contribution < -0.4 is 11.1 Å². The molecular weight excluding hydrogens is 392 g/mol. The van der Waals surface area contributed by atoms with Crippen molar-refractivity contribution in [2.45, 2.75) is 39.7 Å². The Morgan fingerprint density at radius 1 is 1.34 bits per heavy atom. The zero-order valence-corrected chi connectivity index (χ0v) is 17.7. The van der Waals surface area contributed by atoms with Gasteiger partial charge in [0.05, 0.1) is 12.5 Å². The number of H-pyrrole nitrogens is 1. The SMILES string of the molecule is CCC(C)C(=O)N1CCCC(C(=O)Nc2ccc(-c3n[nH]c(CN)n3)cc2)C1.Cl. The molecule has 9 heteroatoms. The number of hydrogen-bond acceptors (Lipinski definition) is 5. The molecule has 1 aromatic carbocycles. The van der Waals surface area contributed by atoms with Crippen molar-refractivity contribution in [1.82, 2.24) is 20.1 Å². The molecule has 3 rings (SSSR count). The first kappa shape index (κ1) is 22.8. The standard InChI is InChI=1S/C20H28N6O2.ClH/c1-3-13(2)20(28)26-10-4-5-15(12-26)19(27)22-16-8-6-14(7-9-16)18-23-17(11-21)24-25-18;/h6-9,13,15H,3-5,10-12,21H2,1-2H3,(H,22,27)(H,23,24,25);1H. The van der Waals surface area contributed by atoms with E-state index in [1.807, 2.05) is 43.0 Å². The largest absolute Gasteiger partial charge is 0.342 e. The Morgan fingerprint density at radius 3 is 2.69 bits per heavy atom. The maximum Gasteiger partial charge on any atom is 0.229 e. The van der Waals surface area contributed by atoms with Crippen LogP contribution in [0, 0.1) is 11.8 Å². The predicted octanol–water partition coefficient (Wildman–Crippen LogP) is 2.58. The van der Waals surface area contributed by atoms with Gasteiger partial charge < -0.3 is 16.0 Å². The second-order valence-electron chi connectivity index (χ2n) is 7.31. The Hall–Kier alpha value is -2.45. The lowest BCUT2D eigenvalue weighted by Gasteiger charge is -2.33. The Bertz CT molecular complexity index is 823. The monoisotopic (exact) mass is 420 g/mol. The van der Waals surface area contributed by atoms with Crippen LogP contribution in [0.1, 0.15) is 38.9 Å². The summed E-state index contributed by atoms with van der Waals surface area (Å²) in [6.45, 7) is 5.49. The van der Waals surface area contributed by atoms with Crippen molar-refractivity contribution in [2.75, 3.05) is 18.4 Å². The number of halogens is 1. The van der Waals surface area contributed by atoms with E-state index < -0.39 is 0 Å². The topological polar surface area (TPSA) is 117 Å². The minimum atomic E-state index is -0.179. The van der Waals surface area contributed by atoms with Crippen molar-refractivity contribution in [3.05, 3.63) is 30.1 Å². The number of carbonyl (C=O) groups is 2. The first-order valence-corrected chi connectivity index (χ1v) is 9.83. The highest BCUT2D eigenvalue weighted by Gasteiger charge is 2.30. The summed E-state index contributed by atoms with van der Waals surface area (Å²) in [7, 11) is 0. The summed E-state index contributed by atoms with van der Waals surface area (Å²) in [5.41, 5.74) is 7.10. The molecule has 0 aliphatic carbocycles. The molecule has 8 nitrogen and oxygen atoms in total. The fourth-order valence-corrected chi connectivity index (χ4v) is 3.34. The van der Waals surface area contributed by atoms with Gasteiger partial charge >= 0.3 is 0 Å². The maximum absolute atomic E-state index is 12.7. The van der Waals surface area contributed by atoms with Crippen LogP contribution in [0.25, 0.3) is 11.4 Å². The van der Waals surface area contributed by atoms with E-state index in [4.69, 9.17) is 5.73 Å². The van der Waals surface area contributed by atoms with Gasteiger partial charge in [-0.2, -0.15) is 5.10 Å². The third-order valence-corrected chi connectivity index (χ3v) is 5.27. The molecule has 1 fully saturated rings. The number of carbonyl (C=O) groups excluding carboxylic acids is 2. The van der Waals surface area contributed by atoms with E-state index in [-0.39, 0.29) is 36.1 Å². The summed E-state index contributed by atoms with van der Waals surface area (Å²) in [5, 5.41) is 9.87. The van der Waals surface area contributed by atoms with Gasteiger partial charge in [-0.1, -0.05) is 13.8 Å². The highest BCUT2D eigenvalue weighted by atomic mass is 35.5. The van der Waals surface area contributed by atoms with Gasteiger partial charge in [0.2, 0.25) is 11.8 Å². The van der Waals surface area contributed by atoms with Crippen LogP contribution in [-0.4, -0.2) is 45.0 Å². The number of aromatic nitrogens is 3. The van der Waals surface area contributed by atoms with E-state index in [0.29, 0.717) is 30.4 Å². The fraction of sp³-hybridized carbons (Fsp3) is 0.500. The molecule has 158 valence electrons. The smallest absolute Gasteiger partial charge is 0.229 e. The zero-order chi connectivity index (χ0) is 20.1. The Kier molecular flexibility index (Phi) is 8.16. The molecule has 1 aliphatic rings. The maximum atomic E-state index is 12.7. The van der Waals surface area contributed by atoms with Crippen LogP contribution in [0.4, 0.5) is 5.69 Å². The van der Waals surface area contributed by atoms with Crippen molar-refractivity contribution < 1.29 is 9.59 Å². The van der Waals surface area contributed by atoms with E-state index in [0.717, 1.165) is 31.4 Å². The first-order valence-electron chi connectivity index (χ1n) is 9.83. The number of nitrogens with one attached hydrogen (secondary N) is 2. The molecule has 1 aromatic heterocycles. The number of hydrogen-bond donors (Lipinski definition) is 3. The molecule has 2 unspecified atom stereocenters. The van der Waals surface area contributed by atoms with Crippen LogP contribution in [0.5, 0.6) is 0 Å². The fourth-order valence-electron chi connectivity index (χ4n) is 3.34. The van der Waals surface area contributed by atoms with Crippen molar-refractivity contribution in [3.8, 4) is 11.4 Å². The van der Waals surface area contributed by atoms with Gasteiger partial charge in [0.15, 0.2) is 5.82 Å². The number of anilines is 1. The van der Waals surface area contributed by atoms with E-state index in [1.165, 1.54) is 0 Å². The van der Waals surface area contributed by atoms with Crippen molar-refractivity contribution in [3.63, 3.8) is 0 Å². The highest BCUT2D eigenvalue weighted by molar-refractivity contribution is 5.93. The van der Waals surface area contributed by atoms with Gasteiger partial charge in [-0.25, -0.2) is 4.98 Å². The number of rotatable bonds is 6. The van der Waals surface area contributed by atoms with Crippen LogP contribution in [0.3, 0.4) is 0 Å². The Labute approximate surface area is 177 Å². The van der Waals surface area contributed by atoms with Crippen LogP contribution in [0.2, 0.25) is 0 Å². The number of nitrogens with zero attached hydrogens (tertiary/aromatic N) is 3. The molecule has 2 amide bonds. The minimum Gasteiger partial charge on any atom is -0.342 e. The third-order valence-electron chi connectivity index (χ3n) is 5.27. The molecular formula is C20H29ClN6O2. The summed E-state index contributed by atoms with van der Waals surface area (Å²) in [4.78, 5) is 31.2. The number of nitrogens with two attached hydrogens (primary N) is 1. The molecule has 2 heterocycles. The summed E-state index contributed by atoms with van der Waals surface area (Å²) in [5.74, 6) is 1.13. The summed E-state index contributed by atoms with van der Waals surface area (Å²) >= 11 is 0. The lowest BCUT2D eigenvalue weighted by molar-refractivity contribution is -0.138. The van der Waals surface area contributed by atoms with E-state index >= 15 is 0 Å². The number of benzene rings is 1. The van der Waals surface area contributed by atoms with Gasteiger partial charge in [-0.3, -0.25) is 14.7 Å². The Balaban J connectivity index is 0.00000300. The van der Waals surface area contributed by atoms with Crippen LogP contribution in [-0.2, 0) is 16.1 Å². The third kappa shape index (κ3) is 5.55. The van der Waals surface area contributed by atoms with E-state index in [1.54, 1.807) is 0 Å². The second-order valence-corrected chi connectivity index (χ2v) is 7.31. The molecule has 0 saturated carbocycles. The van der Waals surface area contributed by atoms with Gasteiger partial charge in [-0.05, 0) is 43.5 Å².